The Morgan fingerprint density at radius 3 is 2.47 bits per heavy atom. The van der Waals surface area contributed by atoms with E-state index in [1.54, 1.807) is 0 Å². The van der Waals surface area contributed by atoms with E-state index in [4.69, 9.17) is 5.73 Å². The maximum absolute atomic E-state index is 14.2. The number of carbonyl (C=O) groups is 1. The summed E-state index contributed by atoms with van der Waals surface area (Å²) in [7, 11) is -3.36. The molecule has 0 fully saturated rings. The van der Waals surface area contributed by atoms with Crippen LogP contribution in [-0.4, -0.2) is 26.8 Å². The molecular formula is C20H17F6N5O2S. The molecule has 0 unspecified atom stereocenters. The van der Waals surface area contributed by atoms with Gasteiger partial charge in [0, 0.05) is 23.1 Å². The Labute approximate surface area is 189 Å². The third-order valence-electron chi connectivity index (χ3n) is 4.30. The molecule has 0 radical (unpaired) electrons. The summed E-state index contributed by atoms with van der Waals surface area (Å²) in [4.78, 5) is 18.4. The van der Waals surface area contributed by atoms with E-state index in [-0.39, 0.29) is 22.8 Å². The molecule has 14 heteroatoms. The molecule has 0 aliphatic carbocycles. The molecule has 0 saturated heterocycles. The Balaban J connectivity index is 2.03. The number of amides is 2. The SMILES string of the molecule is C[SH](O)(Cc1cc(Nc2ncc(F)c(-c3ccc(F)cc3F)n2)cc(C(F)(F)F)c1)=NC(N)=O. The normalized spacial score (nSPS) is 12.4. The van der Waals surface area contributed by atoms with Crippen molar-refractivity contribution in [3.63, 3.8) is 0 Å². The number of nitrogens with two attached hydrogens (primary N) is 1. The molecule has 1 heterocycles. The van der Waals surface area contributed by atoms with Crippen molar-refractivity contribution in [2.24, 2.45) is 10.1 Å². The predicted octanol–water partition coefficient (Wildman–Crippen LogP) is 5.07. The molecule has 0 bridgehead atoms. The molecule has 3 aromatic rings. The molecule has 2 amide bonds. The summed E-state index contributed by atoms with van der Waals surface area (Å²) < 4.78 is 95.3. The minimum atomic E-state index is -4.77. The van der Waals surface area contributed by atoms with Crippen LogP contribution in [0.4, 0.5) is 42.8 Å². The summed E-state index contributed by atoms with van der Waals surface area (Å²) in [5.41, 5.74) is 2.67. The number of hydrogen-bond acceptors (Lipinski definition) is 4. The molecule has 0 atom stereocenters. The quantitative estimate of drug-likeness (QED) is 0.286. The summed E-state index contributed by atoms with van der Waals surface area (Å²) in [6, 6.07) is 3.90. The standard InChI is InChI=1S/C20H17F6N5O2S/c1-34(33,31-18(27)32)9-10-4-11(20(24,25)26)6-13(5-10)29-19-28-8-16(23)17(30-19)14-3-2-12(21)7-15(14)22/h2-8,34H,9H2,1H3,(H,28,29,30)(H3,27,31,32,33). The second-order valence-corrected chi connectivity index (χ2v) is 9.93. The van der Waals surface area contributed by atoms with Gasteiger partial charge in [-0.2, -0.15) is 17.5 Å². The average Bonchev–Trinajstić information content (AvgIpc) is 2.67. The molecule has 34 heavy (non-hydrogen) atoms. The van der Waals surface area contributed by atoms with Crippen LogP contribution in [-0.2, 0) is 22.0 Å². The molecule has 0 saturated carbocycles. The van der Waals surface area contributed by atoms with Crippen molar-refractivity contribution in [2.45, 2.75) is 11.9 Å². The summed E-state index contributed by atoms with van der Waals surface area (Å²) in [5.74, 6) is -3.82. The summed E-state index contributed by atoms with van der Waals surface area (Å²) in [5, 5.41) is 2.47. The van der Waals surface area contributed by atoms with Crippen LogP contribution < -0.4 is 11.1 Å². The Hall–Kier alpha value is -3.52. The molecule has 0 spiro atoms. The van der Waals surface area contributed by atoms with E-state index >= 15 is 0 Å². The van der Waals surface area contributed by atoms with Gasteiger partial charge in [0.1, 0.15) is 17.3 Å². The fourth-order valence-corrected chi connectivity index (χ4v) is 4.41. The zero-order valence-corrected chi connectivity index (χ0v) is 18.1. The second kappa shape index (κ2) is 9.38. The number of carbonyl (C=O) groups excluding carboxylic acids is 1. The van der Waals surface area contributed by atoms with Gasteiger partial charge in [0.2, 0.25) is 5.95 Å². The lowest BCUT2D eigenvalue weighted by Gasteiger charge is -2.19. The lowest BCUT2D eigenvalue weighted by molar-refractivity contribution is -0.137. The maximum Gasteiger partial charge on any atom is 0.416 e. The highest BCUT2D eigenvalue weighted by Crippen LogP contribution is 2.34. The number of aromatic nitrogens is 2. The number of halogens is 6. The van der Waals surface area contributed by atoms with Gasteiger partial charge in [-0.25, -0.2) is 27.9 Å². The minimum absolute atomic E-state index is 0.0347. The summed E-state index contributed by atoms with van der Waals surface area (Å²) in [6.45, 7) is 0. The molecule has 3 rings (SSSR count). The first kappa shape index (κ1) is 25.1. The van der Waals surface area contributed by atoms with Crippen molar-refractivity contribution >= 4 is 27.8 Å². The Morgan fingerprint density at radius 1 is 1.15 bits per heavy atom. The number of thiol groups is 1. The van der Waals surface area contributed by atoms with Crippen molar-refractivity contribution in [3.05, 3.63) is 71.2 Å². The number of rotatable bonds is 5. The first-order valence-electron chi connectivity index (χ1n) is 9.31. The van der Waals surface area contributed by atoms with Gasteiger partial charge in [0.15, 0.2) is 5.82 Å². The average molecular weight is 505 g/mol. The van der Waals surface area contributed by atoms with Crippen molar-refractivity contribution in [1.82, 2.24) is 9.97 Å². The number of anilines is 2. The van der Waals surface area contributed by atoms with Gasteiger partial charge in [0.05, 0.1) is 11.8 Å². The number of hydrogen-bond donors (Lipinski definition) is 4. The smallest absolute Gasteiger partial charge is 0.349 e. The Morgan fingerprint density at radius 2 is 1.85 bits per heavy atom. The van der Waals surface area contributed by atoms with E-state index < -0.39 is 56.8 Å². The van der Waals surface area contributed by atoms with Gasteiger partial charge in [-0.1, -0.05) is 10.1 Å². The highest BCUT2D eigenvalue weighted by atomic mass is 32.3. The van der Waals surface area contributed by atoms with Crippen LogP contribution in [0.5, 0.6) is 0 Å². The number of urea groups is 1. The van der Waals surface area contributed by atoms with Crippen LogP contribution in [0.1, 0.15) is 11.1 Å². The Kier molecular flexibility index (Phi) is 6.93. The monoisotopic (exact) mass is 505 g/mol. The van der Waals surface area contributed by atoms with Crippen LogP contribution in [0, 0.1) is 17.5 Å². The summed E-state index contributed by atoms with van der Waals surface area (Å²) >= 11 is 0. The fraction of sp³-hybridized carbons (Fsp3) is 0.150. The topological polar surface area (TPSA) is 113 Å². The van der Waals surface area contributed by atoms with Crippen molar-refractivity contribution < 1.29 is 35.7 Å². The molecule has 2 aromatic carbocycles. The van der Waals surface area contributed by atoms with E-state index in [0.29, 0.717) is 18.3 Å². The van der Waals surface area contributed by atoms with Crippen LogP contribution in [0.15, 0.2) is 47.0 Å². The van der Waals surface area contributed by atoms with Gasteiger partial charge in [-0.15, -0.1) is 0 Å². The van der Waals surface area contributed by atoms with Gasteiger partial charge < -0.3 is 15.6 Å². The highest BCUT2D eigenvalue weighted by Gasteiger charge is 2.31. The minimum Gasteiger partial charge on any atom is -0.349 e. The second-order valence-electron chi connectivity index (χ2n) is 7.24. The van der Waals surface area contributed by atoms with Gasteiger partial charge in [-0.3, -0.25) is 0 Å². The number of alkyl halides is 3. The zero-order valence-electron chi connectivity index (χ0n) is 17.2. The van der Waals surface area contributed by atoms with Gasteiger partial charge in [0.25, 0.3) is 0 Å². The zero-order chi connectivity index (χ0) is 25.3. The van der Waals surface area contributed by atoms with E-state index in [2.05, 4.69) is 19.6 Å². The number of benzene rings is 2. The van der Waals surface area contributed by atoms with E-state index in [0.717, 1.165) is 18.2 Å². The fourth-order valence-electron chi connectivity index (χ4n) is 3.04. The summed E-state index contributed by atoms with van der Waals surface area (Å²) in [6.07, 6.45) is -2.91. The van der Waals surface area contributed by atoms with E-state index in [1.165, 1.54) is 12.3 Å². The van der Waals surface area contributed by atoms with Crippen molar-refractivity contribution in [2.75, 3.05) is 11.6 Å². The number of primary amides is 1. The predicted molar refractivity (Wildman–Crippen MR) is 115 cm³/mol. The van der Waals surface area contributed by atoms with Crippen LogP contribution in [0.25, 0.3) is 11.3 Å². The largest absolute Gasteiger partial charge is 0.416 e. The lowest BCUT2D eigenvalue weighted by Crippen LogP contribution is -2.17. The van der Waals surface area contributed by atoms with Crippen LogP contribution >= 0.6 is 0 Å². The van der Waals surface area contributed by atoms with Crippen LogP contribution in [0.3, 0.4) is 0 Å². The number of nitrogens with zero attached hydrogens (tertiary/aromatic N) is 3. The molecule has 0 aliphatic heterocycles. The third-order valence-corrected chi connectivity index (χ3v) is 5.89. The maximum atomic E-state index is 14.2. The van der Waals surface area contributed by atoms with Crippen LogP contribution in [0.2, 0.25) is 0 Å². The first-order valence-corrected chi connectivity index (χ1v) is 11.6. The number of nitrogens with one attached hydrogen (secondary N) is 1. The molecule has 4 N–H and O–H groups in total. The molecule has 182 valence electrons. The third kappa shape index (κ3) is 6.29. The van der Waals surface area contributed by atoms with E-state index in [1.807, 2.05) is 0 Å². The lowest BCUT2D eigenvalue weighted by atomic mass is 10.1. The molecular weight excluding hydrogens is 488 g/mol. The molecule has 1 aromatic heterocycles. The molecule has 7 nitrogen and oxygen atoms in total. The van der Waals surface area contributed by atoms with Crippen molar-refractivity contribution in [1.29, 1.82) is 0 Å². The highest BCUT2D eigenvalue weighted by molar-refractivity contribution is 7.98. The first-order chi connectivity index (χ1) is 15.7. The van der Waals surface area contributed by atoms with Crippen molar-refractivity contribution in [3.8, 4) is 11.3 Å². The molecule has 0 aliphatic rings. The Bertz CT molecular complexity index is 1310. The van der Waals surface area contributed by atoms with Gasteiger partial charge >= 0.3 is 12.2 Å². The van der Waals surface area contributed by atoms with E-state index in [9.17, 15) is 35.7 Å². The van der Waals surface area contributed by atoms with Gasteiger partial charge in [-0.05, 0) is 42.2 Å².